The van der Waals surface area contributed by atoms with E-state index in [0.29, 0.717) is 12.8 Å². The first-order valence-electron chi connectivity index (χ1n) is 24.1. The molecular weight excluding hydrogens is 768 g/mol. The maximum Gasteiger partial charge on any atom is 1.00 e. The average molecular weight is 853 g/mol. The number of carbonyl (C=O) groups is 2. The van der Waals surface area contributed by atoms with Gasteiger partial charge in [-0.1, -0.05) is 198 Å². The molecule has 1 aromatic rings. The molecule has 0 aromatic heterocycles. The van der Waals surface area contributed by atoms with Gasteiger partial charge in [-0.2, -0.15) is 0 Å². The van der Waals surface area contributed by atoms with E-state index in [1.54, 1.807) is 0 Å². The molecule has 0 unspecified atom stereocenters. The Balaban J connectivity index is 0.0000336. The number of hydrogen-bond donors (Lipinski definition) is 0. The summed E-state index contributed by atoms with van der Waals surface area (Å²) in [5.41, 5.74) is -0.783. The Hall–Kier alpha value is -1.45. The first kappa shape index (κ1) is 57.5. The summed E-state index contributed by atoms with van der Waals surface area (Å²) in [6, 6.07) is 3.63. The second kappa shape index (κ2) is 41.9. The van der Waals surface area contributed by atoms with Crippen LogP contribution < -0.4 is 29.6 Å². The molecule has 9 heteroatoms. The Bertz CT molecular complexity index is 1310. The van der Waals surface area contributed by atoms with Gasteiger partial charge < -0.3 is 14.0 Å². The van der Waals surface area contributed by atoms with Gasteiger partial charge in [0.2, 0.25) is 0 Å². The zero-order valence-corrected chi connectivity index (χ0v) is 41.1. The average Bonchev–Trinajstić information content (AvgIpc) is 3.21. The third-order valence-corrected chi connectivity index (χ3v) is 11.9. The van der Waals surface area contributed by atoms with E-state index in [-0.39, 0.29) is 48.3 Å². The number of hydrogen-bond acceptors (Lipinski definition) is 7. The van der Waals surface area contributed by atoms with Gasteiger partial charge >= 0.3 is 41.5 Å². The number of esters is 2. The van der Waals surface area contributed by atoms with Crippen molar-refractivity contribution in [1.82, 2.24) is 0 Å². The van der Waals surface area contributed by atoms with Gasteiger partial charge in [0.1, 0.15) is 10.1 Å². The van der Waals surface area contributed by atoms with Crippen LogP contribution in [0.15, 0.2) is 47.4 Å². The van der Waals surface area contributed by atoms with E-state index in [4.69, 9.17) is 9.47 Å². The number of allylic oxidation sites excluding steroid dienone is 4. The van der Waals surface area contributed by atoms with E-state index in [1.807, 2.05) is 0 Å². The molecule has 0 saturated heterocycles. The van der Waals surface area contributed by atoms with Crippen LogP contribution in [0.3, 0.4) is 0 Å². The van der Waals surface area contributed by atoms with Crippen molar-refractivity contribution in [2.45, 2.75) is 237 Å². The van der Waals surface area contributed by atoms with Crippen LogP contribution in [0.1, 0.15) is 253 Å². The number of unbranched alkanes of at least 4 members (excludes halogenated alkanes) is 30. The Labute approximate surface area is 385 Å². The van der Waals surface area contributed by atoms with Gasteiger partial charge in [-0.15, -0.1) is 0 Å². The molecule has 1 aromatic carbocycles. The van der Waals surface area contributed by atoms with Gasteiger partial charge in [0.25, 0.3) is 0 Å². The molecule has 334 valence electrons. The van der Waals surface area contributed by atoms with Gasteiger partial charge in [0.15, 0.2) is 0 Å². The Morgan fingerprint density at radius 3 is 1.12 bits per heavy atom. The molecule has 0 heterocycles. The molecule has 0 aliphatic rings. The van der Waals surface area contributed by atoms with Crippen molar-refractivity contribution in [2.75, 3.05) is 13.2 Å². The number of carbonyl (C=O) groups excluding carboxylic acids is 2. The van der Waals surface area contributed by atoms with Crippen LogP contribution in [0, 0.1) is 0 Å². The summed E-state index contributed by atoms with van der Waals surface area (Å²) in [5, 5.41) is 0. The molecule has 0 saturated carbocycles. The van der Waals surface area contributed by atoms with E-state index in [1.165, 1.54) is 166 Å². The summed E-state index contributed by atoms with van der Waals surface area (Å²) in [4.78, 5) is 25.3. The summed E-state index contributed by atoms with van der Waals surface area (Å²) in [5.74, 6) is -1.82. The van der Waals surface area contributed by atoms with Crippen LogP contribution in [-0.2, 0) is 19.6 Å². The Morgan fingerprint density at radius 2 is 0.780 bits per heavy atom. The van der Waals surface area contributed by atoms with E-state index < -0.39 is 32.5 Å². The standard InChI is InChI=1S/C50H86O7S.Na/c1-3-5-7-9-11-13-15-17-19-21-23-25-27-29-31-33-35-37-39-44-56-49(51)46-42-41-43-47(58(53,54)55)48(46)50(52)57-45-40-38-36-34-32-30-28-26-24-22-20-18-16-14-12-10-8-6-4-2;/h21-24,41-43H,3-20,25-40,44-45H2,1-2H3,(H,53,54,55);/q;+1/p-1/b23-21+,24-22+;. The first-order chi connectivity index (χ1) is 28.3. The third-order valence-electron chi connectivity index (χ3n) is 11.0. The topological polar surface area (TPSA) is 110 Å². The van der Waals surface area contributed by atoms with Crippen LogP contribution in [0.5, 0.6) is 0 Å². The van der Waals surface area contributed by atoms with Crippen LogP contribution in [0.25, 0.3) is 0 Å². The smallest absolute Gasteiger partial charge is 0.744 e. The number of benzene rings is 1. The normalized spacial score (nSPS) is 11.7. The molecule has 59 heavy (non-hydrogen) atoms. The monoisotopic (exact) mass is 853 g/mol. The molecule has 0 fully saturated rings. The molecule has 0 spiro atoms. The maximum absolute atomic E-state index is 13.0. The van der Waals surface area contributed by atoms with E-state index >= 15 is 0 Å². The van der Waals surface area contributed by atoms with Crippen molar-refractivity contribution in [3.05, 3.63) is 53.6 Å². The molecule has 0 aliphatic carbocycles. The number of rotatable bonds is 41. The molecular formula is C50H85NaO7S. The van der Waals surface area contributed by atoms with Crippen LogP contribution in [0.4, 0.5) is 0 Å². The Morgan fingerprint density at radius 1 is 0.475 bits per heavy atom. The third kappa shape index (κ3) is 33.8. The predicted molar refractivity (Wildman–Crippen MR) is 242 cm³/mol. The molecule has 0 atom stereocenters. The van der Waals surface area contributed by atoms with Crippen molar-refractivity contribution in [1.29, 1.82) is 0 Å². The van der Waals surface area contributed by atoms with E-state index in [2.05, 4.69) is 38.2 Å². The Kier molecular flexibility index (Phi) is 40.9. The molecule has 0 bridgehead atoms. The largest absolute Gasteiger partial charge is 1.00 e. The maximum atomic E-state index is 13.0. The van der Waals surface area contributed by atoms with Gasteiger partial charge in [-0.25, -0.2) is 18.0 Å². The first-order valence-corrected chi connectivity index (χ1v) is 25.5. The zero-order chi connectivity index (χ0) is 42.2. The summed E-state index contributed by atoms with van der Waals surface area (Å²) in [7, 11) is -5.02. The minimum absolute atomic E-state index is 0. The van der Waals surface area contributed by atoms with Gasteiger partial charge in [0.05, 0.1) is 29.2 Å². The van der Waals surface area contributed by atoms with Crippen LogP contribution in [0.2, 0.25) is 0 Å². The minimum Gasteiger partial charge on any atom is -0.744 e. The summed E-state index contributed by atoms with van der Waals surface area (Å²) >= 11 is 0. The summed E-state index contributed by atoms with van der Waals surface area (Å²) in [6.45, 7) is 4.76. The fraction of sp³-hybridized carbons (Fsp3) is 0.760. The molecule has 7 nitrogen and oxygen atoms in total. The van der Waals surface area contributed by atoms with Gasteiger partial charge in [0, 0.05) is 0 Å². The van der Waals surface area contributed by atoms with E-state index in [0.717, 1.165) is 57.4 Å². The minimum atomic E-state index is -5.02. The quantitative estimate of drug-likeness (QED) is 0.0212. The van der Waals surface area contributed by atoms with Crippen molar-refractivity contribution in [3.8, 4) is 0 Å². The molecule has 0 amide bonds. The fourth-order valence-electron chi connectivity index (χ4n) is 7.36. The molecule has 0 N–H and O–H groups in total. The van der Waals surface area contributed by atoms with Gasteiger partial charge in [-0.3, -0.25) is 0 Å². The summed E-state index contributed by atoms with van der Waals surface area (Å²) in [6.07, 6.45) is 50.4. The molecule has 0 aliphatic heterocycles. The molecule has 1 rings (SSSR count). The zero-order valence-electron chi connectivity index (χ0n) is 38.3. The second-order valence-electron chi connectivity index (χ2n) is 16.4. The van der Waals surface area contributed by atoms with Crippen molar-refractivity contribution in [3.63, 3.8) is 0 Å². The van der Waals surface area contributed by atoms with Crippen molar-refractivity contribution in [2.24, 2.45) is 0 Å². The SMILES string of the molecule is CCCCCCCCCC/C=C/CCCCCCCCCOC(=O)c1cccc(S(=O)(=O)[O-])c1C(=O)OCCCCCCCCC/C=C/CCCCCCCCCC.[Na+]. The van der Waals surface area contributed by atoms with E-state index in [9.17, 15) is 22.6 Å². The second-order valence-corrected chi connectivity index (χ2v) is 17.7. The van der Waals surface area contributed by atoms with Crippen LogP contribution in [-0.4, -0.2) is 38.1 Å². The summed E-state index contributed by atoms with van der Waals surface area (Å²) < 4.78 is 46.8. The predicted octanol–water partition coefficient (Wildman–Crippen LogP) is 12.3. The number of ether oxygens (including phenoxy) is 2. The van der Waals surface area contributed by atoms with Crippen molar-refractivity contribution < 1.29 is 61.6 Å². The van der Waals surface area contributed by atoms with Gasteiger partial charge in [-0.05, 0) is 76.3 Å². The van der Waals surface area contributed by atoms with Crippen LogP contribution >= 0.6 is 0 Å². The molecule has 0 radical (unpaired) electrons. The fourth-order valence-corrected chi connectivity index (χ4v) is 8.05. The van der Waals surface area contributed by atoms with Crippen molar-refractivity contribution >= 4 is 22.1 Å².